The zero-order valence-electron chi connectivity index (χ0n) is 27.0. The van der Waals surface area contributed by atoms with Gasteiger partial charge in [0.2, 0.25) is 0 Å². The van der Waals surface area contributed by atoms with Gasteiger partial charge in [-0.1, -0.05) is 110 Å². The molecule has 0 rings (SSSR count). The third kappa shape index (κ3) is 28.9. The number of carbonyl (C=O) groups excluding carboxylic acids is 2. The summed E-state index contributed by atoms with van der Waals surface area (Å²) in [5.41, 5.74) is 0. The summed E-state index contributed by atoms with van der Waals surface area (Å²) in [6.45, 7) is 4.34. The number of phosphoric ester groups is 1. The van der Waals surface area contributed by atoms with Gasteiger partial charge in [-0.2, -0.15) is 0 Å². The zero-order valence-corrected chi connectivity index (χ0v) is 27.9. The Labute approximate surface area is 251 Å². The maximum absolute atomic E-state index is 12.5. The highest BCUT2D eigenvalue weighted by atomic mass is 31.2. The van der Waals surface area contributed by atoms with Crippen LogP contribution in [0.1, 0.15) is 136 Å². The van der Waals surface area contributed by atoms with E-state index in [0.29, 0.717) is 23.9 Å². The van der Waals surface area contributed by atoms with Gasteiger partial charge in [0.05, 0.1) is 27.7 Å². The van der Waals surface area contributed by atoms with E-state index in [9.17, 15) is 19.0 Å². The predicted octanol–water partition coefficient (Wildman–Crippen LogP) is 7.73. The fourth-order valence-electron chi connectivity index (χ4n) is 4.25. The van der Waals surface area contributed by atoms with Crippen molar-refractivity contribution in [2.75, 3.05) is 47.5 Å². The normalized spacial score (nSPS) is 14.0. The van der Waals surface area contributed by atoms with Crippen LogP contribution in [0.3, 0.4) is 0 Å². The topological polar surface area (TPSA) is 108 Å². The van der Waals surface area contributed by atoms with Gasteiger partial charge in [0, 0.05) is 12.8 Å². The molecule has 0 aliphatic heterocycles. The second-order valence-corrected chi connectivity index (χ2v) is 13.7. The predicted molar refractivity (Wildman–Crippen MR) is 165 cm³/mol. The molecular weight excluding hydrogens is 545 g/mol. The molecule has 0 aromatic heterocycles. The summed E-state index contributed by atoms with van der Waals surface area (Å²) in [7, 11) is 1.48. The molecule has 10 heteroatoms. The maximum Gasteiger partial charge on any atom is 0.472 e. The second-order valence-electron chi connectivity index (χ2n) is 12.2. The van der Waals surface area contributed by atoms with Gasteiger partial charge in [-0.3, -0.25) is 18.6 Å². The standard InChI is InChI=1S/C31H62NO8P/c1-6-8-10-12-14-16-18-19-21-23-30(33)37-27-29(28-39-41(35,36)38-26-25-32(3,4)5)40-31(34)24-22-20-17-15-13-11-9-7-2/h29H,6-28H2,1-5H3/p+1/t29-/m1/s1. The van der Waals surface area contributed by atoms with E-state index in [-0.39, 0.29) is 25.6 Å². The van der Waals surface area contributed by atoms with Gasteiger partial charge in [-0.15, -0.1) is 0 Å². The van der Waals surface area contributed by atoms with Crippen molar-refractivity contribution < 1.29 is 42.1 Å². The average Bonchev–Trinajstić information content (AvgIpc) is 2.90. The van der Waals surface area contributed by atoms with Crippen molar-refractivity contribution in [2.24, 2.45) is 0 Å². The molecule has 2 atom stereocenters. The first kappa shape index (κ1) is 40.0. The number of esters is 2. The maximum atomic E-state index is 12.5. The number of carbonyl (C=O) groups is 2. The Bertz CT molecular complexity index is 698. The minimum atomic E-state index is -4.34. The van der Waals surface area contributed by atoms with Crippen molar-refractivity contribution in [1.82, 2.24) is 0 Å². The second kappa shape index (κ2) is 25.5. The molecule has 0 aromatic carbocycles. The number of likely N-dealkylation sites (N-methyl/N-ethyl adjacent to an activating group) is 1. The quantitative estimate of drug-likeness (QED) is 0.0398. The van der Waals surface area contributed by atoms with Crippen LogP contribution in [-0.2, 0) is 32.7 Å². The van der Waals surface area contributed by atoms with Gasteiger partial charge >= 0.3 is 19.8 Å². The molecule has 0 aliphatic carbocycles. The highest BCUT2D eigenvalue weighted by Crippen LogP contribution is 2.43. The van der Waals surface area contributed by atoms with Crippen LogP contribution in [-0.4, -0.2) is 74.9 Å². The summed E-state index contributed by atoms with van der Waals surface area (Å²) in [6, 6.07) is 0. The van der Waals surface area contributed by atoms with Gasteiger partial charge in [-0.05, 0) is 12.8 Å². The van der Waals surface area contributed by atoms with Crippen molar-refractivity contribution in [3.63, 3.8) is 0 Å². The molecule has 0 aromatic rings. The van der Waals surface area contributed by atoms with E-state index in [1.54, 1.807) is 0 Å². The number of quaternary nitrogens is 1. The van der Waals surface area contributed by atoms with Crippen LogP contribution in [0.4, 0.5) is 0 Å². The Hall–Kier alpha value is -0.990. The number of phosphoric acid groups is 1. The monoisotopic (exact) mass is 608 g/mol. The first-order chi connectivity index (χ1) is 19.5. The van der Waals surface area contributed by atoms with E-state index in [4.69, 9.17) is 18.5 Å². The molecule has 0 radical (unpaired) electrons. The molecular formula is C31H63NO8P+. The van der Waals surface area contributed by atoms with Gasteiger partial charge in [0.15, 0.2) is 6.10 Å². The number of nitrogens with zero attached hydrogens (tertiary/aromatic N) is 1. The molecule has 0 aliphatic rings. The van der Waals surface area contributed by atoms with Crippen molar-refractivity contribution in [2.45, 2.75) is 142 Å². The fraction of sp³-hybridized carbons (Fsp3) is 0.935. The molecule has 9 nitrogen and oxygen atoms in total. The lowest BCUT2D eigenvalue weighted by Gasteiger charge is -2.24. The molecule has 244 valence electrons. The van der Waals surface area contributed by atoms with Crippen molar-refractivity contribution in [3.8, 4) is 0 Å². The Balaban J connectivity index is 4.52. The SMILES string of the molecule is CCCCCCCCCCCC(=O)OC[C@H](COP(=O)(O)OCC[N+](C)(C)C)OC(=O)CCCCCCCCCC. The Kier molecular flexibility index (Phi) is 24.9. The largest absolute Gasteiger partial charge is 0.472 e. The molecule has 1 N–H and O–H groups in total. The Morgan fingerprint density at radius 1 is 0.659 bits per heavy atom. The number of rotatable bonds is 29. The molecule has 41 heavy (non-hydrogen) atoms. The first-order valence-electron chi connectivity index (χ1n) is 16.3. The van der Waals surface area contributed by atoms with Crippen molar-refractivity contribution in [3.05, 3.63) is 0 Å². The molecule has 1 unspecified atom stereocenters. The van der Waals surface area contributed by atoms with E-state index in [1.807, 2.05) is 21.1 Å². The van der Waals surface area contributed by atoms with Gasteiger partial charge < -0.3 is 18.9 Å². The van der Waals surface area contributed by atoms with E-state index in [2.05, 4.69) is 13.8 Å². The van der Waals surface area contributed by atoms with Crippen LogP contribution < -0.4 is 0 Å². The number of hydrogen-bond donors (Lipinski definition) is 1. The lowest BCUT2D eigenvalue weighted by Crippen LogP contribution is -2.37. The first-order valence-corrected chi connectivity index (χ1v) is 17.8. The lowest BCUT2D eigenvalue weighted by molar-refractivity contribution is -0.870. The number of unbranched alkanes of at least 4 members (excludes halogenated alkanes) is 15. The molecule has 0 saturated heterocycles. The molecule has 0 fully saturated rings. The Morgan fingerprint density at radius 2 is 1.10 bits per heavy atom. The highest BCUT2D eigenvalue weighted by Gasteiger charge is 2.27. The highest BCUT2D eigenvalue weighted by molar-refractivity contribution is 7.47. The van der Waals surface area contributed by atoms with Crippen molar-refractivity contribution in [1.29, 1.82) is 0 Å². The van der Waals surface area contributed by atoms with E-state index >= 15 is 0 Å². The minimum Gasteiger partial charge on any atom is -0.462 e. The summed E-state index contributed by atoms with van der Waals surface area (Å²) in [5, 5.41) is 0. The van der Waals surface area contributed by atoms with E-state index < -0.39 is 26.5 Å². The summed E-state index contributed by atoms with van der Waals surface area (Å²) in [4.78, 5) is 34.8. The van der Waals surface area contributed by atoms with Crippen LogP contribution >= 0.6 is 7.82 Å². The number of ether oxygens (including phenoxy) is 2. The summed E-state index contributed by atoms with van der Waals surface area (Å²) in [6.07, 6.45) is 18.8. The molecule has 0 bridgehead atoms. The van der Waals surface area contributed by atoms with Gasteiger partial charge in [0.25, 0.3) is 0 Å². The molecule has 0 amide bonds. The zero-order chi connectivity index (χ0) is 30.8. The summed E-state index contributed by atoms with van der Waals surface area (Å²) < 4.78 is 33.9. The van der Waals surface area contributed by atoms with Crippen LogP contribution in [0.2, 0.25) is 0 Å². The van der Waals surface area contributed by atoms with Crippen LogP contribution in [0.15, 0.2) is 0 Å². The number of hydrogen-bond acceptors (Lipinski definition) is 7. The summed E-state index contributed by atoms with van der Waals surface area (Å²) >= 11 is 0. The Morgan fingerprint density at radius 3 is 1.56 bits per heavy atom. The third-order valence-corrected chi connectivity index (χ3v) is 7.87. The van der Waals surface area contributed by atoms with E-state index in [1.165, 1.54) is 70.6 Å². The molecule has 0 spiro atoms. The van der Waals surface area contributed by atoms with E-state index in [0.717, 1.165) is 32.1 Å². The average molecular weight is 609 g/mol. The third-order valence-electron chi connectivity index (χ3n) is 6.89. The van der Waals surface area contributed by atoms with Crippen LogP contribution in [0.25, 0.3) is 0 Å². The van der Waals surface area contributed by atoms with Crippen LogP contribution in [0.5, 0.6) is 0 Å². The molecule has 0 heterocycles. The molecule has 0 saturated carbocycles. The smallest absolute Gasteiger partial charge is 0.462 e. The fourth-order valence-corrected chi connectivity index (χ4v) is 4.99. The lowest BCUT2D eigenvalue weighted by atomic mass is 10.1. The van der Waals surface area contributed by atoms with Crippen LogP contribution in [0, 0.1) is 0 Å². The summed E-state index contributed by atoms with van der Waals surface area (Å²) in [5.74, 6) is -0.804. The minimum absolute atomic E-state index is 0.0356. The van der Waals surface area contributed by atoms with Crippen molar-refractivity contribution >= 4 is 19.8 Å². The van der Waals surface area contributed by atoms with Gasteiger partial charge in [-0.25, -0.2) is 4.57 Å². The van der Waals surface area contributed by atoms with Gasteiger partial charge in [0.1, 0.15) is 19.8 Å².